The van der Waals surface area contributed by atoms with E-state index >= 15 is 0 Å². The average molecular weight is 468 g/mol. The van der Waals surface area contributed by atoms with Crippen molar-refractivity contribution in [3.63, 3.8) is 0 Å². The van der Waals surface area contributed by atoms with Crippen molar-refractivity contribution in [2.45, 2.75) is 12.5 Å². The van der Waals surface area contributed by atoms with Crippen LogP contribution in [0.1, 0.15) is 6.42 Å². The smallest absolute Gasteiger partial charge is 0.246 e. The van der Waals surface area contributed by atoms with Crippen LogP contribution in [0.25, 0.3) is 0 Å². The second kappa shape index (κ2) is 8.21. The van der Waals surface area contributed by atoms with Crippen molar-refractivity contribution in [3.8, 4) is 0 Å². The molecule has 0 saturated carbocycles. The number of anilines is 1. The van der Waals surface area contributed by atoms with Crippen LogP contribution >= 0.6 is 45.8 Å². The summed E-state index contributed by atoms with van der Waals surface area (Å²) in [6, 6.07) is 3.40. The van der Waals surface area contributed by atoms with Crippen LogP contribution < -0.4 is 10.6 Å². The number of benzene rings is 1. The third-order valence-electron chi connectivity index (χ3n) is 3.49. The summed E-state index contributed by atoms with van der Waals surface area (Å²) in [6.45, 7) is 4.74. The van der Waals surface area contributed by atoms with E-state index in [0.29, 0.717) is 23.1 Å². The minimum absolute atomic E-state index is 0.0268. The zero-order valence-electron chi connectivity index (χ0n) is 12.2. The molecule has 1 aromatic rings. The summed E-state index contributed by atoms with van der Waals surface area (Å²) in [7, 11) is 0. The van der Waals surface area contributed by atoms with Crippen LogP contribution in [-0.4, -0.2) is 42.4 Å². The van der Waals surface area contributed by atoms with E-state index in [0.717, 1.165) is 15.7 Å². The number of nitrogens with one attached hydrogen (secondary N) is 2. The third kappa shape index (κ3) is 4.99. The quantitative estimate of drug-likeness (QED) is 0.397. The van der Waals surface area contributed by atoms with Gasteiger partial charge in [-0.1, -0.05) is 29.8 Å². The number of hydrogen-bond acceptors (Lipinski definition) is 3. The summed E-state index contributed by atoms with van der Waals surface area (Å²) in [5.41, 5.74) is 0.755. The molecule has 1 atom stereocenters. The molecule has 2 rings (SSSR count). The second-order valence-electron chi connectivity index (χ2n) is 5.14. The summed E-state index contributed by atoms with van der Waals surface area (Å²) >= 11 is 14.0. The van der Waals surface area contributed by atoms with Crippen LogP contribution in [0.3, 0.4) is 0 Å². The number of likely N-dealkylation sites (tertiary alicyclic amines) is 1. The molecule has 124 valence electrons. The standard InChI is InChI=1S/C15H16Cl2IN3O2/c1-2-15(23)21-4-3-9(8-21)20-14(22)7-19-13-6-11(17)10(16)5-12(13)18/h2,5-6,9,19H,1,3-4,7-8H2,(H,20,22)/t9-/m0/s1. The number of halogens is 3. The molecule has 1 aliphatic heterocycles. The van der Waals surface area contributed by atoms with Gasteiger partial charge in [0.2, 0.25) is 11.8 Å². The maximum absolute atomic E-state index is 12.0. The van der Waals surface area contributed by atoms with Crippen LogP contribution in [0.4, 0.5) is 5.69 Å². The first-order chi connectivity index (χ1) is 10.9. The van der Waals surface area contributed by atoms with Crippen molar-refractivity contribution in [2.24, 2.45) is 0 Å². The molecule has 23 heavy (non-hydrogen) atoms. The van der Waals surface area contributed by atoms with Gasteiger partial charge in [0.05, 0.1) is 16.6 Å². The highest BCUT2D eigenvalue weighted by Gasteiger charge is 2.25. The number of amides is 2. The van der Waals surface area contributed by atoms with Crippen molar-refractivity contribution in [1.82, 2.24) is 10.2 Å². The fourth-order valence-corrected chi connectivity index (χ4v) is 3.49. The molecule has 1 fully saturated rings. The van der Waals surface area contributed by atoms with Crippen LogP contribution in [-0.2, 0) is 9.59 Å². The Balaban J connectivity index is 1.83. The van der Waals surface area contributed by atoms with Gasteiger partial charge in [-0.25, -0.2) is 0 Å². The lowest BCUT2D eigenvalue weighted by Gasteiger charge is -2.16. The van der Waals surface area contributed by atoms with Gasteiger partial charge < -0.3 is 15.5 Å². The predicted molar refractivity (Wildman–Crippen MR) is 101 cm³/mol. The molecule has 0 spiro atoms. The Hall–Kier alpha value is -0.990. The first kappa shape index (κ1) is 18.4. The summed E-state index contributed by atoms with van der Waals surface area (Å²) in [4.78, 5) is 25.2. The Bertz CT molecular complexity index is 639. The normalized spacial score (nSPS) is 17.0. The lowest BCUT2D eigenvalue weighted by Crippen LogP contribution is -2.40. The predicted octanol–water partition coefficient (Wildman–Crippen LogP) is 2.91. The number of carbonyl (C=O) groups excluding carboxylic acids is 2. The molecule has 0 aliphatic carbocycles. The highest BCUT2D eigenvalue weighted by atomic mass is 127. The van der Waals surface area contributed by atoms with E-state index in [1.54, 1.807) is 17.0 Å². The van der Waals surface area contributed by atoms with Gasteiger partial charge >= 0.3 is 0 Å². The maximum Gasteiger partial charge on any atom is 0.246 e. The third-order valence-corrected chi connectivity index (χ3v) is 5.10. The molecule has 1 heterocycles. The highest BCUT2D eigenvalue weighted by Crippen LogP contribution is 2.29. The fraction of sp³-hybridized carbons (Fsp3) is 0.333. The Morgan fingerprint density at radius 2 is 2.09 bits per heavy atom. The number of rotatable bonds is 5. The Labute approximate surface area is 158 Å². The van der Waals surface area contributed by atoms with Crippen molar-refractivity contribution in [1.29, 1.82) is 0 Å². The molecule has 1 aromatic carbocycles. The monoisotopic (exact) mass is 467 g/mol. The van der Waals surface area contributed by atoms with Gasteiger partial charge in [0.25, 0.3) is 0 Å². The van der Waals surface area contributed by atoms with Gasteiger partial charge in [-0.15, -0.1) is 0 Å². The number of hydrogen-bond donors (Lipinski definition) is 2. The van der Waals surface area contributed by atoms with E-state index in [2.05, 4.69) is 39.8 Å². The van der Waals surface area contributed by atoms with E-state index in [4.69, 9.17) is 23.2 Å². The lowest BCUT2D eigenvalue weighted by atomic mass is 10.2. The molecule has 8 heteroatoms. The minimum atomic E-state index is -0.134. The van der Waals surface area contributed by atoms with Gasteiger partial charge in [0.1, 0.15) is 0 Å². The van der Waals surface area contributed by atoms with Crippen molar-refractivity contribution >= 4 is 63.3 Å². The Morgan fingerprint density at radius 3 is 2.78 bits per heavy atom. The molecule has 0 bridgehead atoms. The zero-order valence-corrected chi connectivity index (χ0v) is 15.9. The first-order valence-electron chi connectivity index (χ1n) is 7.00. The SMILES string of the molecule is C=CC(=O)N1CC[C@H](NC(=O)CNc2cc(Cl)c(Cl)cc2I)C1. The Morgan fingerprint density at radius 1 is 1.39 bits per heavy atom. The molecule has 2 N–H and O–H groups in total. The largest absolute Gasteiger partial charge is 0.375 e. The topological polar surface area (TPSA) is 61.4 Å². The highest BCUT2D eigenvalue weighted by molar-refractivity contribution is 14.1. The van der Waals surface area contributed by atoms with E-state index < -0.39 is 0 Å². The molecule has 0 radical (unpaired) electrons. The summed E-state index contributed by atoms with van der Waals surface area (Å²) in [5, 5.41) is 6.86. The van der Waals surface area contributed by atoms with Gasteiger partial charge in [-0.3, -0.25) is 9.59 Å². The Kier molecular flexibility index (Phi) is 6.55. The molecular formula is C15H16Cl2IN3O2. The summed E-state index contributed by atoms with van der Waals surface area (Å²) in [5.74, 6) is -0.241. The average Bonchev–Trinajstić information content (AvgIpc) is 2.97. The van der Waals surface area contributed by atoms with Crippen LogP contribution in [0.5, 0.6) is 0 Å². The van der Waals surface area contributed by atoms with Crippen molar-refractivity contribution in [2.75, 3.05) is 25.0 Å². The molecular weight excluding hydrogens is 452 g/mol. The molecule has 0 aromatic heterocycles. The number of carbonyl (C=O) groups is 2. The lowest BCUT2D eigenvalue weighted by molar-refractivity contribution is -0.125. The van der Waals surface area contributed by atoms with E-state index in [-0.39, 0.29) is 24.4 Å². The zero-order chi connectivity index (χ0) is 17.0. The van der Waals surface area contributed by atoms with Gasteiger partial charge in [-0.05, 0) is 47.2 Å². The van der Waals surface area contributed by atoms with Gasteiger partial charge in [0.15, 0.2) is 0 Å². The van der Waals surface area contributed by atoms with Crippen molar-refractivity contribution < 1.29 is 9.59 Å². The van der Waals surface area contributed by atoms with Gasteiger partial charge in [-0.2, -0.15) is 0 Å². The summed E-state index contributed by atoms with van der Waals surface area (Å²) in [6.07, 6.45) is 2.04. The first-order valence-corrected chi connectivity index (χ1v) is 8.83. The van der Waals surface area contributed by atoms with E-state index in [1.807, 2.05) is 0 Å². The molecule has 1 saturated heterocycles. The summed E-state index contributed by atoms with van der Waals surface area (Å²) < 4.78 is 0.883. The fourth-order valence-electron chi connectivity index (χ4n) is 2.32. The van der Waals surface area contributed by atoms with E-state index in [1.165, 1.54) is 6.08 Å². The number of nitrogens with zero attached hydrogens (tertiary/aromatic N) is 1. The van der Waals surface area contributed by atoms with E-state index in [9.17, 15) is 9.59 Å². The molecule has 1 aliphatic rings. The van der Waals surface area contributed by atoms with Crippen LogP contribution in [0.2, 0.25) is 10.0 Å². The molecule has 0 unspecified atom stereocenters. The molecule has 5 nitrogen and oxygen atoms in total. The maximum atomic E-state index is 12.0. The van der Waals surface area contributed by atoms with Crippen molar-refractivity contribution in [3.05, 3.63) is 38.4 Å². The van der Waals surface area contributed by atoms with Gasteiger partial charge in [0, 0.05) is 28.4 Å². The van der Waals surface area contributed by atoms with Crippen LogP contribution in [0.15, 0.2) is 24.8 Å². The molecule has 2 amide bonds. The second-order valence-corrected chi connectivity index (χ2v) is 7.12. The van der Waals surface area contributed by atoms with Crippen LogP contribution in [0, 0.1) is 3.57 Å². The minimum Gasteiger partial charge on any atom is -0.375 e.